The van der Waals surface area contributed by atoms with Crippen LogP contribution in [-0.4, -0.2) is 35.1 Å². The topological polar surface area (TPSA) is 54.5 Å². The number of nitrogens with one attached hydrogen (secondary N) is 1. The highest BCUT2D eigenvalue weighted by Gasteiger charge is 2.24. The van der Waals surface area contributed by atoms with E-state index in [9.17, 15) is 4.79 Å². The average Bonchev–Trinajstić information content (AvgIpc) is 2.80. The van der Waals surface area contributed by atoms with E-state index in [2.05, 4.69) is 46.7 Å². The van der Waals surface area contributed by atoms with Crippen molar-refractivity contribution >= 4 is 23.9 Å². The minimum absolute atomic E-state index is 0.0870. The van der Waals surface area contributed by atoms with Gasteiger partial charge in [-0.2, -0.15) is 0 Å². The number of ether oxygens (including phenoxy) is 1. The minimum atomic E-state index is -0.0870. The molecule has 5 heteroatoms. The van der Waals surface area contributed by atoms with Gasteiger partial charge in [0, 0.05) is 32.1 Å². The maximum absolute atomic E-state index is 12.4. The number of pyridine rings is 1. The van der Waals surface area contributed by atoms with Gasteiger partial charge in [0.2, 0.25) is 0 Å². The molecule has 3 aromatic rings. The van der Waals surface area contributed by atoms with Crippen molar-refractivity contribution in [3.05, 3.63) is 90.3 Å². The number of anilines is 1. The number of piperidine rings is 1. The van der Waals surface area contributed by atoms with Gasteiger partial charge in [0.05, 0.1) is 11.9 Å². The summed E-state index contributed by atoms with van der Waals surface area (Å²) in [6.07, 6.45) is 9.28. The van der Waals surface area contributed by atoms with Crippen molar-refractivity contribution in [2.75, 3.05) is 18.4 Å². The van der Waals surface area contributed by atoms with Crippen LogP contribution in [0.3, 0.4) is 0 Å². The summed E-state index contributed by atoms with van der Waals surface area (Å²) in [4.78, 5) is 18.2. The maximum atomic E-state index is 12.4. The van der Waals surface area contributed by atoms with Crippen molar-refractivity contribution in [2.45, 2.75) is 18.9 Å². The molecule has 0 radical (unpaired) electrons. The number of hydrogen-bond donors (Lipinski definition) is 1. The fraction of sp³-hybridized carbons (Fsp3) is 0.200. The van der Waals surface area contributed by atoms with Crippen LogP contribution in [0.1, 0.15) is 24.0 Å². The molecule has 2 heterocycles. The highest BCUT2D eigenvalue weighted by Crippen LogP contribution is 2.21. The summed E-state index contributed by atoms with van der Waals surface area (Å²) in [6, 6.07) is 21.9. The standard InChI is InChI=1S/C25H25N3O2/c29-25(27-22-7-4-16-26-19-22)28-17-14-24(15-18-28)30-23-12-10-21(11-13-23)9-8-20-5-2-1-3-6-20/h1-13,16,19,24H,14-15,17-18H2,(H,27,29)/b9-8+. The van der Waals surface area contributed by atoms with E-state index in [4.69, 9.17) is 4.74 Å². The van der Waals surface area contributed by atoms with Crippen LogP contribution >= 0.6 is 0 Å². The monoisotopic (exact) mass is 399 g/mol. The number of amides is 2. The quantitative estimate of drug-likeness (QED) is 0.590. The SMILES string of the molecule is O=C(Nc1cccnc1)N1CCC(Oc2ccc(/C=C/c3ccccc3)cc2)CC1. The predicted octanol–water partition coefficient (Wildman–Crippen LogP) is 5.33. The summed E-state index contributed by atoms with van der Waals surface area (Å²) >= 11 is 0. The lowest BCUT2D eigenvalue weighted by molar-refractivity contribution is 0.115. The molecule has 0 bridgehead atoms. The Kier molecular flexibility index (Phi) is 6.40. The van der Waals surface area contributed by atoms with Crippen LogP contribution in [0.25, 0.3) is 12.2 Å². The second kappa shape index (κ2) is 9.74. The van der Waals surface area contributed by atoms with Gasteiger partial charge in [0.25, 0.3) is 0 Å². The number of likely N-dealkylation sites (tertiary alicyclic amines) is 1. The third kappa shape index (κ3) is 5.47. The second-order valence-electron chi connectivity index (χ2n) is 7.29. The Hall–Kier alpha value is -3.60. The molecule has 1 aromatic heterocycles. The molecule has 1 aliphatic rings. The van der Waals surface area contributed by atoms with Gasteiger partial charge in [-0.3, -0.25) is 4.98 Å². The molecule has 0 saturated carbocycles. The number of nitrogens with zero attached hydrogens (tertiary/aromatic N) is 2. The van der Waals surface area contributed by atoms with E-state index in [0.717, 1.165) is 24.2 Å². The predicted molar refractivity (Wildman–Crippen MR) is 120 cm³/mol. The Morgan fingerprint density at radius 1 is 0.933 bits per heavy atom. The molecule has 1 aliphatic heterocycles. The van der Waals surface area contributed by atoms with Crippen molar-refractivity contribution in [1.29, 1.82) is 0 Å². The number of benzene rings is 2. The number of hydrogen-bond acceptors (Lipinski definition) is 3. The molecule has 4 rings (SSSR count). The van der Waals surface area contributed by atoms with Crippen LogP contribution in [0.4, 0.5) is 10.5 Å². The molecule has 0 unspecified atom stereocenters. The van der Waals surface area contributed by atoms with Gasteiger partial charge in [0.15, 0.2) is 0 Å². The molecule has 0 aliphatic carbocycles. The van der Waals surface area contributed by atoms with Gasteiger partial charge in [-0.05, 0) is 35.4 Å². The zero-order valence-electron chi connectivity index (χ0n) is 16.8. The lowest BCUT2D eigenvalue weighted by atomic mass is 10.1. The van der Waals surface area contributed by atoms with Crippen LogP contribution in [-0.2, 0) is 0 Å². The van der Waals surface area contributed by atoms with Crippen molar-refractivity contribution in [3.63, 3.8) is 0 Å². The first kappa shape index (κ1) is 19.7. The van der Waals surface area contributed by atoms with Gasteiger partial charge in [-0.1, -0.05) is 54.6 Å². The summed E-state index contributed by atoms with van der Waals surface area (Å²) < 4.78 is 6.13. The van der Waals surface area contributed by atoms with Crippen LogP contribution in [0.5, 0.6) is 5.75 Å². The van der Waals surface area contributed by atoms with Gasteiger partial charge in [-0.15, -0.1) is 0 Å². The summed E-state index contributed by atoms with van der Waals surface area (Å²) in [5, 5.41) is 2.88. The van der Waals surface area contributed by atoms with Crippen molar-refractivity contribution in [3.8, 4) is 5.75 Å². The summed E-state index contributed by atoms with van der Waals surface area (Å²) in [5.74, 6) is 0.866. The maximum Gasteiger partial charge on any atom is 0.321 e. The molecule has 2 aromatic carbocycles. The molecular weight excluding hydrogens is 374 g/mol. The van der Waals surface area contributed by atoms with E-state index in [1.54, 1.807) is 18.5 Å². The van der Waals surface area contributed by atoms with E-state index in [1.165, 1.54) is 5.56 Å². The second-order valence-corrected chi connectivity index (χ2v) is 7.29. The molecular formula is C25H25N3O2. The fourth-order valence-electron chi connectivity index (χ4n) is 3.42. The van der Waals surface area contributed by atoms with Crippen molar-refractivity contribution < 1.29 is 9.53 Å². The van der Waals surface area contributed by atoms with Crippen LogP contribution in [0, 0.1) is 0 Å². The molecule has 152 valence electrons. The van der Waals surface area contributed by atoms with E-state index >= 15 is 0 Å². The Balaban J connectivity index is 1.25. The smallest absolute Gasteiger partial charge is 0.321 e. The van der Waals surface area contributed by atoms with Crippen molar-refractivity contribution in [1.82, 2.24) is 9.88 Å². The largest absolute Gasteiger partial charge is 0.490 e. The molecule has 1 fully saturated rings. The van der Waals surface area contributed by atoms with E-state index < -0.39 is 0 Å². The van der Waals surface area contributed by atoms with Gasteiger partial charge >= 0.3 is 6.03 Å². The number of aromatic nitrogens is 1. The molecule has 1 saturated heterocycles. The molecule has 0 spiro atoms. The highest BCUT2D eigenvalue weighted by atomic mass is 16.5. The highest BCUT2D eigenvalue weighted by molar-refractivity contribution is 5.89. The van der Waals surface area contributed by atoms with Crippen LogP contribution < -0.4 is 10.1 Å². The molecule has 2 amide bonds. The van der Waals surface area contributed by atoms with Gasteiger partial charge in [0.1, 0.15) is 11.9 Å². The van der Waals surface area contributed by atoms with E-state index in [-0.39, 0.29) is 12.1 Å². The molecule has 1 N–H and O–H groups in total. The Morgan fingerprint density at radius 3 is 2.30 bits per heavy atom. The molecule has 30 heavy (non-hydrogen) atoms. The zero-order valence-corrected chi connectivity index (χ0v) is 16.8. The minimum Gasteiger partial charge on any atom is -0.490 e. The Bertz CT molecular complexity index is 964. The van der Waals surface area contributed by atoms with Gasteiger partial charge in [-0.25, -0.2) is 4.79 Å². The first-order valence-electron chi connectivity index (χ1n) is 10.2. The Labute approximate surface area is 177 Å². The number of urea groups is 1. The van der Waals surface area contributed by atoms with Crippen molar-refractivity contribution in [2.24, 2.45) is 0 Å². The first-order valence-corrected chi connectivity index (χ1v) is 10.2. The zero-order chi connectivity index (χ0) is 20.6. The summed E-state index contributed by atoms with van der Waals surface area (Å²) in [6.45, 7) is 1.35. The third-order valence-corrected chi connectivity index (χ3v) is 5.09. The summed E-state index contributed by atoms with van der Waals surface area (Å²) in [5.41, 5.74) is 3.02. The molecule has 0 atom stereocenters. The number of carbonyl (C=O) groups excluding carboxylic acids is 1. The van der Waals surface area contributed by atoms with E-state index in [0.29, 0.717) is 18.8 Å². The lowest BCUT2D eigenvalue weighted by Gasteiger charge is -2.32. The average molecular weight is 399 g/mol. The fourth-order valence-corrected chi connectivity index (χ4v) is 3.42. The van der Waals surface area contributed by atoms with Crippen LogP contribution in [0.15, 0.2) is 79.1 Å². The lowest BCUT2D eigenvalue weighted by Crippen LogP contribution is -2.43. The molecule has 5 nitrogen and oxygen atoms in total. The Morgan fingerprint density at radius 2 is 1.63 bits per heavy atom. The van der Waals surface area contributed by atoms with E-state index in [1.807, 2.05) is 41.3 Å². The number of carbonyl (C=O) groups is 1. The normalized spacial score (nSPS) is 14.6. The van der Waals surface area contributed by atoms with Crippen LogP contribution in [0.2, 0.25) is 0 Å². The summed E-state index contributed by atoms with van der Waals surface area (Å²) in [7, 11) is 0. The first-order chi connectivity index (χ1) is 14.8. The third-order valence-electron chi connectivity index (χ3n) is 5.09. The van der Waals surface area contributed by atoms with Gasteiger partial charge < -0.3 is 15.0 Å². The number of rotatable bonds is 5.